The number of hydrogen-bond donors (Lipinski definition) is 0. The van der Waals surface area contributed by atoms with E-state index in [2.05, 4.69) is 11.9 Å². The summed E-state index contributed by atoms with van der Waals surface area (Å²) in [6, 6.07) is 5.36. The maximum atomic E-state index is 13.0. The van der Waals surface area contributed by atoms with E-state index in [0.29, 0.717) is 40.7 Å². The lowest BCUT2D eigenvalue weighted by Gasteiger charge is -2.33. The maximum Gasteiger partial charge on any atom is 0.262 e. The average molecular weight is 424 g/mol. The molecule has 0 saturated carbocycles. The van der Waals surface area contributed by atoms with E-state index in [1.807, 2.05) is 4.90 Å². The molecule has 0 spiro atoms. The number of halogens is 1. The number of methoxy groups -OCH3 is 1. The van der Waals surface area contributed by atoms with Gasteiger partial charge in [0.15, 0.2) is 5.16 Å². The lowest BCUT2D eigenvalue weighted by Crippen LogP contribution is -2.43. The number of amides is 1. The Balaban J connectivity index is 1.85. The van der Waals surface area contributed by atoms with Gasteiger partial charge in [0.05, 0.1) is 16.7 Å². The van der Waals surface area contributed by atoms with E-state index < -0.39 is 0 Å². The van der Waals surface area contributed by atoms with Crippen molar-refractivity contribution in [2.75, 3.05) is 26.0 Å². The van der Waals surface area contributed by atoms with Gasteiger partial charge < -0.3 is 9.64 Å². The van der Waals surface area contributed by atoms with Crippen LogP contribution < -0.4 is 5.56 Å². The van der Waals surface area contributed by atoms with E-state index >= 15 is 0 Å². The number of thioether (sulfide) groups is 1. The zero-order valence-corrected chi connectivity index (χ0v) is 17.9. The first kappa shape index (κ1) is 21.1. The lowest BCUT2D eigenvalue weighted by atomic mass is 10.0. The third-order valence-electron chi connectivity index (χ3n) is 5.06. The van der Waals surface area contributed by atoms with Gasteiger partial charge in [-0.15, -0.1) is 0 Å². The smallest absolute Gasteiger partial charge is 0.262 e. The van der Waals surface area contributed by atoms with Gasteiger partial charge in [0.1, 0.15) is 0 Å². The molecule has 2 heterocycles. The summed E-state index contributed by atoms with van der Waals surface area (Å²) in [6.07, 6.45) is 3.96. The number of carbonyl (C=O) groups is 1. The highest BCUT2D eigenvalue weighted by Gasteiger charge is 2.23. The van der Waals surface area contributed by atoms with Crippen LogP contribution in [0.25, 0.3) is 10.9 Å². The molecule has 0 N–H and O–H groups in total. The standard InChI is InChI=1S/C20H26ClN3O3S/c1-14-6-3-4-9-23(14)18(25)13-28-20-22-17-12-15(21)7-8-16(17)19(26)24(20)10-5-11-27-2/h7-8,12,14H,3-6,9-11,13H2,1-2H3. The average Bonchev–Trinajstić information content (AvgIpc) is 2.68. The van der Waals surface area contributed by atoms with Crippen molar-refractivity contribution < 1.29 is 9.53 Å². The van der Waals surface area contributed by atoms with Crippen molar-refractivity contribution in [1.29, 1.82) is 0 Å². The lowest BCUT2D eigenvalue weighted by molar-refractivity contribution is -0.131. The third-order valence-corrected chi connectivity index (χ3v) is 6.26. The molecule has 2 aromatic rings. The maximum absolute atomic E-state index is 13.0. The van der Waals surface area contributed by atoms with Crippen molar-refractivity contribution in [3.63, 3.8) is 0 Å². The molecular formula is C20H26ClN3O3S. The van der Waals surface area contributed by atoms with Crippen LogP contribution in [0.1, 0.15) is 32.6 Å². The molecule has 6 nitrogen and oxygen atoms in total. The van der Waals surface area contributed by atoms with E-state index in [0.717, 1.165) is 19.4 Å². The minimum absolute atomic E-state index is 0.0982. The molecule has 1 aromatic carbocycles. The molecule has 28 heavy (non-hydrogen) atoms. The summed E-state index contributed by atoms with van der Waals surface area (Å²) in [5, 5.41) is 1.61. The fourth-order valence-electron chi connectivity index (χ4n) is 3.53. The molecule has 0 bridgehead atoms. The third kappa shape index (κ3) is 4.88. The van der Waals surface area contributed by atoms with Gasteiger partial charge in [0, 0.05) is 37.9 Å². The van der Waals surface area contributed by atoms with Crippen molar-refractivity contribution in [2.45, 2.75) is 50.4 Å². The normalized spacial score (nSPS) is 17.2. The van der Waals surface area contributed by atoms with Gasteiger partial charge in [0.25, 0.3) is 5.56 Å². The summed E-state index contributed by atoms with van der Waals surface area (Å²) in [7, 11) is 1.64. The molecule has 1 amide bonds. The van der Waals surface area contributed by atoms with Gasteiger partial charge in [-0.3, -0.25) is 14.2 Å². The van der Waals surface area contributed by atoms with Crippen LogP contribution in [0.5, 0.6) is 0 Å². The largest absolute Gasteiger partial charge is 0.385 e. The molecule has 0 radical (unpaired) electrons. The summed E-state index contributed by atoms with van der Waals surface area (Å²) < 4.78 is 6.76. The highest BCUT2D eigenvalue weighted by molar-refractivity contribution is 7.99. The van der Waals surface area contributed by atoms with Crippen LogP contribution in [0.4, 0.5) is 0 Å². The Bertz CT molecular complexity index is 902. The number of ether oxygens (including phenoxy) is 1. The van der Waals surface area contributed by atoms with Crippen LogP contribution in [0.3, 0.4) is 0 Å². The number of benzene rings is 1. The van der Waals surface area contributed by atoms with E-state index in [1.165, 1.54) is 18.2 Å². The Morgan fingerprint density at radius 2 is 2.21 bits per heavy atom. The first-order valence-corrected chi connectivity index (χ1v) is 11.0. The monoisotopic (exact) mass is 423 g/mol. The number of piperidine rings is 1. The quantitative estimate of drug-likeness (QED) is 0.387. The Morgan fingerprint density at radius 1 is 1.39 bits per heavy atom. The fraction of sp³-hybridized carbons (Fsp3) is 0.550. The molecule has 1 saturated heterocycles. The van der Waals surface area contributed by atoms with Crippen molar-refractivity contribution >= 4 is 40.2 Å². The first-order valence-electron chi connectivity index (χ1n) is 9.62. The SMILES string of the molecule is COCCCn1c(SCC(=O)N2CCCCC2C)nc2cc(Cl)ccc2c1=O. The van der Waals surface area contributed by atoms with Crippen molar-refractivity contribution in [3.8, 4) is 0 Å². The molecule has 1 atom stereocenters. The number of fused-ring (bicyclic) bond motifs is 1. The summed E-state index contributed by atoms with van der Waals surface area (Å²) in [5.41, 5.74) is 0.445. The number of carbonyl (C=O) groups excluding carboxylic acids is 1. The second kappa shape index (κ2) is 9.76. The van der Waals surface area contributed by atoms with Crippen LogP contribution >= 0.6 is 23.4 Å². The van der Waals surface area contributed by atoms with Gasteiger partial charge in [-0.05, 0) is 50.8 Å². The number of rotatable bonds is 7. The highest BCUT2D eigenvalue weighted by atomic mass is 35.5. The molecule has 152 valence electrons. The second-order valence-corrected chi connectivity index (χ2v) is 8.46. The molecule has 8 heteroatoms. The van der Waals surface area contributed by atoms with E-state index in [1.54, 1.807) is 29.9 Å². The summed E-state index contributed by atoms with van der Waals surface area (Å²) in [5.74, 6) is 0.369. The second-order valence-electron chi connectivity index (χ2n) is 7.08. The van der Waals surface area contributed by atoms with Gasteiger partial charge in [-0.1, -0.05) is 23.4 Å². The molecule has 1 aliphatic heterocycles. The van der Waals surface area contributed by atoms with Crippen molar-refractivity contribution in [1.82, 2.24) is 14.5 Å². The van der Waals surface area contributed by atoms with Crippen molar-refractivity contribution in [2.24, 2.45) is 0 Å². The van der Waals surface area contributed by atoms with Crippen LogP contribution in [-0.2, 0) is 16.1 Å². The molecular weight excluding hydrogens is 398 g/mol. The molecule has 1 aliphatic rings. The Labute approximate surface area is 174 Å². The summed E-state index contributed by atoms with van der Waals surface area (Å²) in [6.45, 7) is 3.95. The number of aromatic nitrogens is 2. The minimum atomic E-state index is -0.112. The Kier molecular flexibility index (Phi) is 7.37. The van der Waals surface area contributed by atoms with E-state index in [4.69, 9.17) is 16.3 Å². The summed E-state index contributed by atoms with van der Waals surface area (Å²) >= 11 is 7.40. The predicted octanol–water partition coefficient (Wildman–Crippen LogP) is 3.58. The minimum Gasteiger partial charge on any atom is -0.385 e. The molecule has 3 rings (SSSR count). The predicted molar refractivity (Wildman–Crippen MR) is 113 cm³/mol. The van der Waals surface area contributed by atoms with E-state index in [9.17, 15) is 9.59 Å². The van der Waals surface area contributed by atoms with E-state index in [-0.39, 0.29) is 23.3 Å². The number of hydrogen-bond acceptors (Lipinski definition) is 5. The number of likely N-dealkylation sites (tertiary alicyclic amines) is 1. The first-order chi connectivity index (χ1) is 13.5. The van der Waals surface area contributed by atoms with Gasteiger partial charge >= 0.3 is 0 Å². The zero-order chi connectivity index (χ0) is 20.1. The van der Waals surface area contributed by atoms with Gasteiger partial charge in [-0.2, -0.15) is 0 Å². The summed E-state index contributed by atoms with van der Waals surface area (Å²) in [4.78, 5) is 32.3. The molecule has 1 unspecified atom stereocenters. The van der Waals surface area contributed by atoms with Gasteiger partial charge in [-0.25, -0.2) is 4.98 Å². The zero-order valence-electron chi connectivity index (χ0n) is 16.3. The fourth-order valence-corrected chi connectivity index (χ4v) is 4.60. The highest BCUT2D eigenvalue weighted by Crippen LogP contribution is 2.23. The van der Waals surface area contributed by atoms with Crippen LogP contribution in [-0.4, -0.2) is 52.4 Å². The van der Waals surface area contributed by atoms with Crippen molar-refractivity contribution in [3.05, 3.63) is 33.6 Å². The van der Waals surface area contributed by atoms with Crippen LogP contribution in [0.15, 0.2) is 28.2 Å². The molecule has 0 aliphatic carbocycles. The van der Waals surface area contributed by atoms with Crippen LogP contribution in [0, 0.1) is 0 Å². The Morgan fingerprint density at radius 3 is 2.96 bits per heavy atom. The molecule has 1 fully saturated rings. The number of nitrogens with zero attached hydrogens (tertiary/aromatic N) is 3. The Hall–Kier alpha value is -1.57. The van der Waals surface area contributed by atoms with Crippen LogP contribution in [0.2, 0.25) is 5.02 Å². The van der Waals surface area contributed by atoms with Gasteiger partial charge in [0.2, 0.25) is 5.91 Å². The topological polar surface area (TPSA) is 64.4 Å². The molecule has 1 aromatic heterocycles.